The smallest absolute Gasteiger partial charge is 0.412 e. The summed E-state index contributed by atoms with van der Waals surface area (Å²) >= 11 is 1.74. The Morgan fingerprint density at radius 3 is 2.44 bits per heavy atom. The van der Waals surface area contributed by atoms with Crippen molar-refractivity contribution >= 4 is 29.7 Å². The zero-order chi connectivity index (χ0) is 29.2. The molecule has 3 aliphatic rings. The van der Waals surface area contributed by atoms with E-state index in [9.17, 15) is 14.4 Å². The van der Waals surface area contributed by atoms with Crippen LogP contribution in [-0.2, 0) is 25.6 Å². The molecule has 2 heterocycles. The van der Waals surface area contributed by atoms with Crippen LogP contribution >= 0.6 is 11.8 Å². The van der Waals surface area contributed by atoms with Crippen LogP contribution in [0.4, 0.5) is 4.79 Å². The summed E-state index contributed by atoms with van der Waals surface area (Å²) in [4.78, 5) is 43.3. The third-order valence-corrected chi connectivity index (χ3v) is 9.27. The molecule has 0 radical (unpaired) electrons. The lowest BCUT2D eigenvalue weighted by Gasteiger charge is -2.33. The van der Waals surface area contributed by atoms with E-state index in [1.165, 1.54) is 42.6 Å². The highest BCUT2D eigenvalue weighted by molar-refractivity contribution is 7.99. The second kappa shape index (κ2) is 15.3. The molecule has 2 aliphatic heterocycles. The predicted octanol–water partition coefficient (Wildman–Crippen LogP) is 4.16. The number of ether oxygens (including phenoxy) is 2. The van der Waals surface area contributed by atoms with Crippen molar-refractivity contribution in [3.05, 3.63) is 35.9 Å². The molecule has 1 unspecified atom stereocenters. The number of likely N-dealkylation sites (tertiary alicyclic amines) is 1. The first-order valence-electron chi connectivity index (χ1n) is 15.2. The Balaban J connectivity index is 1.32. The third kappa shape index (κ3) is 10.2. The Bertz CT molecular complexity index is 990. The normalized spacial score (nSPS) is 21.8. The molecule has 2 saturated heterocycles. The number of benzene rings is 1. The van der Waals surface area contributed by atoms with Crippen molar-refractivity contribution in [2.45, 2.75) is 96.0 Å². The summed E-state index contributed by atoms with van der Waals surface area (Å²) in [5.74, 6) is 1.63. The SMILES string of the molecule is CC(C)(C)OC(=O)N1COC[C@H]1C(=O)NC(CSCC1CCCCC1)C(=O)NC1CCN(Cc2ccccc2)CC1. The van der Waals surface area contributed by atoms with E-state index in [4.69, 9.17) is 9.47 Å². The van der Waals surface area contributed by atoms with Crippen molar-refractivity contribution in [2.24, 2.45) is 5.92 Å². The third-order valence-electron chi connectivity index (χ3n) is 7.99. The minimum Gasteiger partial charge on any atom is -0.444 e. The van der Waals surface area contributed by atoms with Gasteiger partial charge in [-0.05, 0) is 63.7 Å². The fraction of sp³-hybridized carbons (Fsp3) is 0.710. The van der Waals surface area contributed by atoms with Crippen LogP contribution in [0.5, 0.6) is 0 Å². The molecule has 10 heteroatoms. The van der Waals surface area contributed by atoms with E-state index >= 15 is 0 Å². The van der Waals surface area contributed by atoms with Crippen molar-refractivity contribution in [3.63, 3.8) is 0 Å². The van der Waals surface area contributed by atoms with Crippen LogP contribution in [0.15, 0.2) is 30.3 Å². The maximum Gasteiger partial charge on any atom is 0.412 e. The number of hydrogen-bond donors (Lipinski definition) is 2. The second-order valence-corrected chi connectivity index (χ2v) is 13.7. The number of carbonyl (C=O) groups excluding carboxylic acids is 3. The Morgan fingerprint density at radius 1 is 1.05 bits per heavy atom. The lowest BCUT2D eigenvalue weighted by molar-refractivity contribution is -0.131. The van der Waals surface area contributed by atoms with Gasteiger partial charge in [-0.3, -0.25) is 19.4 Å². The molecule has 41 heavy (non-hydrogen) atoms. The van der Waals surface area contributed by atoms with Gasteiger partial charge in [0, 0.05) is 31.4 Å². The molecule has 228 valence electrons. The fourth-order valence-corrected chi connectivity index (χ4v) is 6.97. The zero-order valence-electron chi connectivity index (χ0n) is 24.9. The Kier molecular flexibility index (Phi) is 11.8. The van der Waals surface area contributed by atoms with Crippen molar-refractivity contribution in [1.82, 2.24) is 20.4 Å². The molecule has 3 amide bonds. The quantitative estimate of drug-likeness (QED) is 0.424. The van der Waals surface area contributed by atoms with E-state index in [-0.39, 0.29) is 31.2 Å². The molecule has 1 aromatic carbocycles. The summed E-state index contributed by atoms with van der Waals surface area (Å²) in [6.45, 7) is 8.16. The molecule has 1 aliphatic carbocycles. The molecular formula is C31H48N4O5S. The average molecular weight is 589 g/mol. The van der Waals surface area contributed by atoms with Gasteiger partial charge in [-0.1, -0.05) is 49.6 Å². The monoisotopic (exact) mass is 588 g/mol. The van der Waals surface area contributed by atoms with E-state index in [1.54, 1.807) is 32.5 Å². The van der Waals surface area contributed by atoms with E-state index < -0.39 is 23.8 Å². The van der Waals surface area contributed by atoms with E-state index in [0.717, 1.165) is 38.2 Å². The number of thioether (sulfide) groups is 1. The number of nitrogens with one attached hydrogen (secondary N) is 2. The van der Waals surface area contributed by atoms with Gasteiger partial charge in [-0.25, -0.2) is 4.79 Å². The molecular weight excluding hydrogens is 540 g/mol. The summed E-state index contributed by atoms with van der Waals surface area (Å²) in [6.07, 6.45) is 7.49. The van der Waals surface area contributed by atoms with Gasteiger partial charge in [0.15, 0.2) is 0 Å². The number of carbonyl (C=O) groups is 3. The summed E-state index contributed by atoms with van der Waals surface area (Å²) in [5, 5.41) is 6.19. The van der Waals surface area contributed by atoms with E-state index in [0.29, 0.717) is 11.7 Å². The zero-order valence-corrected chi connectivity index (χ0v) is 25.8. The topological polar surface area (TPSA) is 100 Å². The number of amides is 3. The van der Waals surface area contributed by atoms with Crippen LogP contribution in [-0.4, -0.2) is 89.4 Å². The van der Waals surface area contributed by atoms with Gasteiger partial charge in [-0.15, -0.1) is 0 Å². The highest BCUT2D eigenvalue weighted by Crippen LogP contribution is 2.27. The molecule has 1 aromatic rings. The van der Waals surface area contributed by atoms with Crippen LogP contribution in [0.25, 0.3) is 0 Å². The minimum absolute atomic E-state index is 0.0121. The molecule has 2 N–H and O–H groups in total. The van der Waals surface area contributed by atoms with Crippen LogP contribution in [0, 0.1) is 5.92 Å². The summed E-state index contributed by atoms with van der Waals surface area (Å²) in [6, 6.07) is 9.01. The molecule has 1 saturated carbocycles. The number of rotatable bonds is 10. The summed E-state index contributed by atoms with van der Waals surface area (Å²) in [5.41, 5.74) is 0.610. The van der Waals surface area contributed by atoms with Crippen molar-refractivity contribution in [2.75, 3.05) is 37.9 Å². The molecule has 0 spiro atoms. The predicted molar refractivity (Wildman–Crippen MR) is 161 cm³/mol. The molecule has 0 bridgehead atoms. The highest BCUT2D eigenvalue weighted by atomic mass is 32.2. The van der Waals surface area contributed by atoms with E-state index in [1.807, 2.05) is 6.07 Å². The van der Waals surface area contributed by atoms with Crippen LogP contribution in [0.1, 0.15) is 71.3 Å². The molecule has 3 fully saturated rings. The molecule has 2 atom stereocenters. The van der Waals surface area contributed by atoms with Crippen LogP contribution < -0.4 is 10.6 Å². The van der Waals surface area contributed by atoms with Gasteiger partial charge in [0.1, 0.15) is 24.4 Å². The number of piperidine rings is 1. The summed E-state index contributed by atoms with van der Waals surface area (Å²) in [7, 11) is 0. The van der Waals surface area contributed by atoms with Crippen LogP contribution in [0.3, 0.4) is 0 Å². The second-order valence-electron chi connectivity index (χ2n) is 12.6. The van der Waals surface area contributed by atoms with Gasteiger partial charge in [0.2, 0.25) is 11.8 Å². The van der Waals surface area contributed by atoms with E-state index in [2.05, 4.69) is 39.8 Å². The first kappa shape index (κ1) is 31.6. The minimum atomic E-state index is -0.829. The lowest BCUT2D eigenvalue weighted by Crippen LogP contribution is -2.57. The molecule has 4 rings (SSSR count). The Morgan fingerprint density at radius 2 is 1.76 bits per heavy atom. The number of hydrogen-bond acceptors (Lipinski definition) is 7. The highest BCUT2D eigenvalue weighted by Gasteiger charge is 2.39. The van der Waals surface area contributed by atoms with Crippen molar-refractivity contribution in [1.29, 1.82) is 0 Å². The van der Waals surface area contributed by atoms with Gasteiger partial charge in [0.05, 0.1) is 6.61 Å². The molecule has 9 nitrogen and oxygen atoms in total. The maximum atomic E-state index is 13.5. The number of nitrogens with zero attached hydrogens (tertiary/aromatic N) is 2. The van der Waals surface area contributed by atoms with Gasteiger partial charge in [-0.2, -0.15) is 11.8 Å². The van der Waals surface area contributed by atoms with Gasteiger partial charge in [0.25, 0.3) is 0 Å². The lowest BCUT2D eigenvalue weighted by atomic mass is 9.91. The maximum absolute atomic E-state index is 13.5. The first-order chi connectivity index (χ1) is 19.7. The first-order valence-corrected chi connectivity index (χ1v) is 16.4. The Labute approximate surface area is 249 Å². The fourth-order valence-electron chi connectivity index (χ4n) is 5.70. The largest absolute Gasteiger partial charge is 0.444 e. The Hall–Kier alpha value is -2.30. The summed E-state index contributed by atoms with van der Waals surface area (Å²) < 4.78 is 10.9. The standard InChI is InChI=1S/C31H48N4O5S/c1-31(2,3)40-30(38)35-22-39-19-27(35)29(37)33-26(21-41-20-24-12-8-5-9-13-24)28(36)32-25-14-16-34(17-15-25)18-23-10-6-4-7-11-23/h4,6-7,10-11,24-27H,5,8-9,12-22H2,1-3H3,(H,32,36)(H,33,37)/t26?,27-/m0/s1. The van der Waals surface area contributed by atoms with Crippen LogP contribution in [0.2, 0.25) is 0 Å². The van der Waals surface area contributed by atoms with Crippen molar-refractivity contribution < 1.29 is 23.9 Å². The average Bonchev–Trinajstić information content (AvgIpc) is 3.44. The molecule has 0 aromatic heterocycles. The van der Waals surface area contributed by atoms with Gasteiger partial charge < -0.3 is 20.1 Å². The van der Waals surface area contributed by atoms with Gasteiger partial charge >= 0.3 is 6.09 Å². The van der Waals surface area contributed by atoms with Crippen molar-refractivity contribution in [3.8, 4) is 0 Å².